The molecule has 1 saturated heterocycles. The van der Waals surface area contributed by atoms with E-state index in [1.165, 1.54) is 19.3 Å². The summed E-state index contributed by atoms with van der Waals surface area (Å²) in [4.78, 5) is 0. The van der Waals surface area contributed by atoms with E-state index in [4.69, 9.17) is 16.3 Å². The SMILES string of the molecule is OC(CCCCl)C1CCOC2(CCC2)C1. The summed E-state index contributed by atoms with van der Waals surface area (Å²) >= 11 is 5.64. The lowest BCUT2D eigenvalue weighted by atomic mass is 9.70. The summed E-state index contributed by atoms with van der Waals surface area (Å²) in [5.74, 6) is 1.10. The van der Waals surface area contributed by atoms with Crippen molar-refractivity contribution in [2.45, 2.75) is 56.7 Å². The van der Waals surface area contributed by atoms with Crippen LogP contribution in [-0.2, 0) is 4.74 Å². The van der Waals surface area contributed by atoms with Gasteiger partial charge < -0.3 is 9.84 Å². The number of aliphatic hydroxyl groups is 1. The smallest absolute Gasteiger partial charge is 0.0686 e. The second-order valence-corrected chi connectivity index (χ2v) is 5.41. The van der Waals surface area contributed by atoms with Gasteiger partial charge in [0.1, 0.15) is 0 Å². The highest BCUT2D eigenvalue weighted by atomic mass is 35.5. The van der Waals surface area contributed by atoms with Gasteiger partial charge in [-0.1, -0.05) is 0 Å². The maximum atomic E-state index is 10.0. The molecule has 1 N–H and O–H groups in total. The fraction of sp³-hybridized carbons (Fsp3) is 1.00. The van der Waals surface area contributed by atoms with Gasteiger partial charge in [-0.2, -0.15) is 0 Å². The molecule has 0 amide bonds. The zero-order chi connectivity index (χ0) is 10.7. The highest BCUT2D eigenvalue weighted by molar-refractivity contribution is 6.17. The first-order valence-electron chi connectivity index (χ1n) is 6.14. The van der Waals surface area contributed by atoms with E-state index in [0.29, 0.717) is 11.8 Å². The molecule has 88 valence electrons. The van der Waals surface area contributed by atoms with Crippen molar-refractivity contribution in [3.8, 4) is 0 Å². The largest absolute Gasteiger partial charge is 0.393 e. The molecular formula is C12H21ClO2. The third-order valence-electron chi connectivity index (χ3n) is 3.97. The van der Waals surface area contributed by atoms with E-state index in [-0.39, 0.29) is 11.7 Å². The summed E-state index contributed by atoms with van der Waals surface area (Å²) < 4.78 is 5.85. The van der Waals surface area contributed by atoms with Crippen molar-refractivity contribution in [2.75, 3.05) is 12.5 Å². The van der Waals surface area contributed by atoms with E-state index in [1.807, 2.05) is 0 Å². The quantitative estimate of drug-likeness (QED) is 0.756. The Labute approximate surface area is 97.0 Å². The van der Waals surface area contributed by atoms with Crippen LogP contribution in [0.15, 0.2) is 0 Å². The van der Waals surface area contributed by atoms with Crippen LogP contribution in [0.25, 0.3) is 0 Å². The Kier molecular flexibility index (Phi) is 3.92. The molecule has 1 aliphatic heterocycles. The van der Waals surface area contributed by atoms with Gasteiger partial charge in [0.15, 0.2) is 0 Å². The summed E-state index contributed by atoms with van der Waals surface area (Å²) in [5, 5.41) is 10.0. The molecule has 0 aromatic carbocycles. The third-order valence-corrected chi connectivity index (χ3v) is 4.24. The van der Waals surface area contributed by atoms with Crippen LogP contribution < -0.4 is 0 Å². The number of alkyl halides is 1. The predicted octanol–water partition coefficient (Wildman–Crippen LogP) is 2.72. The Morgan fingerprint density at radius 1 is 1.47 bits per heavy atom. The standard InChI is InChI=1S/C12H21ClO2/c13-7-1-3-11(14)10-4-8-15-12(9-10)5-2-6-12/h10-11,14H,1-9H2. The van der Waals surface area contributed by atoms with Gasteiger partial charge in [-0.25, -0.2) is 0 Å². The Bertz CT molecular complexity index is 204. The zero-order valence-corrected chi connectivity index (χ0v) is 10.0. The molecule has 1 spiro atoms. The lowest BCUT2D eigenvalue weighted by Crippen LogP contribution is -2.47. The van der Waals surface area contributed by atoms with Gasteiger partial charge in [-0.05, 0) is 50.9 Å². The molecule has 2 fully saturated rings. The summed E-state index contributed by atoms with van der Waals surface area (Å²) in [6.07, 6.45) is 7.39. The fourth-order valence-corrected chi connectivity index (χ4v) is 2.99. The Hall–Kier alpha value is 0.210. The van der Waals surface area contributed by atoms with Crippen molar-refractivity contribution in [1.82, 2.24) is 0 Å². The number of ether oxygens (including phenoxy) is 1. The first kappa shape index (κ1) is 11.7. The Morgan fingerprint density at radius 3 is 2.87 bits per heavy atom. The van der Waals surface area contributed by atoms with Crippen LogP contribution in [0.5, 0.6) is 0 Å². The van der Waals surface area contributed by atoms with E-state index in [1.54, 1.807) is 0 Å². The molecule has 2 rings (SSSR count). The van der Waals surface area contributed by atoms with Gasteiger partial charge in [0.05, 0.1) is 11.7 Å². The first-order chi connectivity index (χ1) is 7.26. The maximum absolute atomic E-state index is 10.0. The van der Waals surface area contributed by atoms with Crippen molar-refractivity contribution in [1.29, 1.82) is 0 Å². The van der Waals surface area contributed by atoms with Gasteiger partial charge >= 0.3 is 0 Å². The summed E-state index contributed by atoms with van der Waals surface area (Å²) in [7, 11) is 0. The average Bonchev–Trinajstić information content (AvgIpc) is 2.24. The van der Waals surface area contributed by atoms with Crippen LogP contribution >= 0.6 is 11.6 Å². The van der Waals surface area contributed by atoms with Crippen molar-refractivity contribution in [3.63, 3.8) is 0 Å². The monoisotopic (exact) mass is 232 g/mol. The molecule has 1 saturated carbocycles. The minimum atomic E-state index is -0.162. The minimum Gasteiger partial charge on any atom is -0.393 e. The van der Waals surface area contributed by atoms with Crippen LogP contribution in [0, 0.1) is 5.92 Å². The van der Waals surface area contributed by atoms with Gasteiger partial charge in [0.2, 0.25) is 0 Å². The van der Waals surface area contributed by atoms with Crippen LogP contribution in [0.4, 0.5) is 0 Å². The second kappa shape index (κ2) is 5.03. The molecule has 2 unspecified atom stereocenters. The summed E-state index contributed by atoms with van der Waals surface area (Å²) in [6.45, 7) is 0.836. The van der Waals surface area contributed by atoms with Crippen molar-refractivity contribution < 1.29 is 9.84 Å². The lowest BCUT2D eigenvalue weighted by molar-refractivity contribution is -0.157. The number of hydrogen-bond donors (Lipinski definition) is 1. The van der Waals surface area contributed by atoms with Gasteiger partial charge in [-0.3, -0.25) is 0 Å². The molecule has 1 aliphatic carbocycles. The molecular weight excluding hydrogens is 212 g/mol. The highest BCUT2D eigenvalue weighted by Crippen LogP contribution is 2.45. The average molecular weight is 233 g/mol. The number of rotatable bonds is 4. The molecule has 3 heteroatoms. The molecule has 0 aromatic heterocycles. The zero-order valence-electron chi connectivity index (χ0n) is 9.25. The van der Waals surface area contributed by atoms with Crippen LogP contribution in [0.1, 0.15) is 44.9 Å². The van der Waals surface area contributed by atoms with E-state index in [2.05, 4.69) is 0 Å². The third kappa shape index (κ3) is 2.66. The minimum absolute atomic E-state index is 0.158. The molecule has 0 aromatic rings. The van der Waals surface area contributed by atoms with E-state index < -0.39 is 0 Å². The Morgan fingerprint density at radius 2 is 2.27 bits per heavy atom. The second-order valence-electron chi connectivity index (χ2n) is 5.04. The summed E-state index contributed by atoms with van der Waals surface area (Å²) in [5.41, 5.74) is 0.158. The molecule has 2 atom stereocenters. The predicted molar refractivity (Wildman–Crippen MR) is 61.2 cm³/mol. The lowest BCUT2D eigenvalue weighted by Gasteiger charge is -2.48. The van der Waals surface area contributed by atoms with Crippen molar-refractivity contribution in [3.05, 3.63) is 0 Å². The summed E-state index contributed by atoms with van der Waals surface area (Å²) in [6, 6.07) is 0. The number of aliphatic hydroxyl groups excluding tert-OH is 1. The van der Waals surface area contributed by atoms with Crippen molar-refractivity contribution >= 4 is 11.6 Å². The van der Waals surface area contributed by atoms with Crippen LogP contribution in [0.2, 0.25) is 0 Å². The van der Waals surface area contributed by atoms with Gasteiger partial charge in [-0.15, -0.1) is 11.6 Å². The number of hydrogen-bond acceptors (Lipinski definition) is 2. The normalized spacial score (nSPS) is 31.2. The molecule has 0 radical (unpaired) electrons. The van der Waals surface area contributed by atoms with Gasteiger partial charge in [0.25, 0.3) is 0 Å². The highest BCUT2D eigenvalue weighted by Gasteiger charge is 2.43. The number of halogens is 1. The maximum Gasteiger partial charge on any atom is 0.0686 e. The van der Waals surface area contributed by atoms with Crippen LogP contribution in [0.3, 0.4) is 0 Å². The first-order valence-corrected chi connectivity index (χ1v) is 6.67. The van der Waals surface area contributed by atoms with E-state index in [0.717, 1.165) is 32.3 Å². The van der Waals surface area contributed by atoms with E-state index >= 15 is 0 Å². The molecule has 15 heavy (non-hydrogen) atoms. The fourth-order valence-electron chi connectivity index (χ4n) is 2.84. The van der Waals surface area contributed by atoms with E-state index in [9.17, 15) is 5.11 Å². The molecule has 1 heterocycles. The van der Waals surface area contributed by atoms with Crippen molar-refractivity contribution in [2.24, 2.45) is 5.92 Å². The van der Waals surface area contributed by atoms with Crippen LogP contribution in [-0.4, -0.2) is 29.3 Å². The Balaban J connectivity index is 1.81. The molecule has 2 aliphatic rings. The van der Waals surface area contributed by atoms with Gasteiger partial charge in [0, 0.05) is 12.5 Å². The molecule has 0 bridgehead atoms. The molecule has 2 nitrogen and oxygen atoms in total. The topological polar surface area (TPSA) is 29.5 Å².